The number of hydrogen-bond donors (Lipinski definition) is 0. The maximum atomic E-state index is 4.85. The van der Waals surface area contributed by atoms with E-state index >= 15 is 0 Å². The first-order valence-electron chi connectivity index (χ1n) is 9.12. The molecule has 4 heterocycles. The Bertz CT molecular complexity index is 873. The Hall–Kier alpha value is -2.60. The predicted octanol–water partition coefficient (Wildman–Crippen LogP) is 2.96. The van der Waals surface area contributed by atoms with Crippen molar-refractivity contribution in [3.63, 3.8) is 0 Å². The smallest absolute Gasteiger partial charge is 0.115 e. The number of likely N-dealkylation sites (tertiary alicyclic amines) is 1. The number of pyridine rings is 1. The molecule has 6 nitrogen and oxygen atoms in total. The molecular weight excluding hydrogens is 324 g/mol. The van der Waals surface area contributed by atoms with Gasteiger partial charge < -0.3 is 0 Å². The summed E-state index contributed by atoms with van der Waals surface area (Å²) in [7, 11) is 2.01. The van der Waals surface area contributed by atoms with Gasteiger partial charge in [-0.15, -0.1) is 0 Å². The Morgan fingerprint density at radius 2 is 2.00 bits per heavy atom. The van der Waals surface area contributed by atoms with E-state index in [9.17, 15) is 0 Å². The predicted molar refractivity (Wildman–Crippen MR) is 100 cm³/mol. The van der Waals surface area contributed by atoms with Gasteiger partial charge in [0.1, 0.15) is 6.33 Å². The highest BCUT2D eigenvalue weighted by molar-refractivity contribution is 5.62. The molecule has 1 aliphatic heterocycles. The van der Waals surface area contributed by atoms with Crippen molar-refractivity contribution < 1.29 is 0 Å². The molecular formula is C20H24N6. The van der Waals surface area contributed by atoms with Crippen LogP contribution in [0.3, 0.4) is 0 Å². The lowest BCUT2D eigenvalue weighted by Crippen LogP contribution is -2.34. The summed E-state index contributed by atoms with van der Waals surface area (Å²) in [6.45, 7) is 5.17. The Labute approximate surface area is 153 Å². The molecule has 0 N–H and O–H groups in total. The lowest BCUT2D eigenvalue weighted by atomic mass is 9.92. The normalized spacial score (nSPS) is 18.2. The van der Waals surface area contributed by atoms with Crippen LogP contribution in [0.5, 0.6) is 0 Å². The van der Waals surface area contributed by atoms with Crippen molar-refractivity contribution in [3.05, 3.63) is 60.2 Å². The van der Waals surface area contributed by atoms with E-state index in [1.807, 2.05) is 30.3 Å². The number of hydrogen-bond acceptors (Lipinski definition) is 5. The minimum Gasteiger partial charge on any atom is -0.297 e. The largest absolute Gasteiger partial charge is 0.297 e. The van der Waals surface area contributed by atoms with Gasteiger partial charge in [-0.3, -0.25) is 14.6 Å². The first-order chi connectivity index (χ1) is 12.7. The van der Waals surface area contributed by atoms with E-state index in [-0.39, 0.29) is 0 Å². The summed E-state index contributed by atoms with van der Waals surface area (Å²) in [5.74, 6) is 0.459. The molecule has 134 valence electrons. The molecule has 1 fully saturated rings. The minimum atomic E-state index is 0.459. The summed E-state index contributed by atoms with van der Waals surface area (Å²) in [4.78, 5) is 15.7. The van der Waals surface area contributed by atoms with Crippen LogP contribution in [0.15, 0.2) is 43.1 Å². The quantitative estimate of drug-likeness (QED) is 0.725. The highest BCUT2D eigenvalue weighted by Crippen LogP contribution is 2.29. The molecule has 0 aliphatic carbocycles. The van der Waals surface area contributed by atoms with Crippen molar-refractivity contribution >= 4 is 0 Å². The van der Waals surface area contributed by atoms with Crippen molar-refractivity contribution in [2.24, 2.45) is 7.05 Å². The molecule has 0 amide bonds. The second kappa shape index (κ2) is 7.33. The zero-order valence-corrected chi connectivity index (χ0v) is 15.3. The highest BCUT2D eigenvalue weighted by atomic mass is 15.3. The minimum absolute atomic E-state index is 0.459. The molecule has 6 heteroatoms. The third-order valence-electron chi connectivity index (χ3n) is 5.10. The van der Waals surface area contributed by atoms with Crippen molar-refractivity contribution in [1.29, 1.82) is 0 Å². The Morgan fingerprint density at radius 3 is 2.77 bits per heavy atom. The molecule has 26 heavy (non-hydrogen) atoms. The second-order valence-corrected chi connectivity index (χ2v) is 7.07. The van der Waals surface area contributed by atoms with Crippen LogP contribution in [0.2, 0.25) is 0 Å². The molecule has 1 saturated heterocycles. The summed E-state index contributed by atoms with van der Waals surface area (Å²) < 4.78 is 1.96. The maximum Gasteiger partial charge on any atom is 0.115 e. The number of nitrogens with zero attached hydrogens (tertiary/aromatic N) is 6. The monoisotopic (exact) mass is 348 g/mol. The van der Waals surface area contributed by atoms with Gasteiger partial charge >= 0.3 is 0 Å². The van der Waals surface area contributed by atoms with Gasteiger partial charge in [-0.1, -0.05) is 0 Å². The molecule has 0 saturated carbocycles. The van der Waals surface area contributed by atoms with Gasteiger partial charge in [-0.25, -0.2) is 9.97 Å². The standard InChI is InChI=1S/C20H24N6/c1-15-8-17(18-10-21-14-22-11-18)9-20(24-15)16-4-3-7-26(12-16)13-19-5-6-23-25(19)2/h5-6,8-11,14,16H,3-4,7,12-13H2,1-2H3/t16-/m1/s1. The lowest BCUT2D eigenvalue weighted by molar-refractivity contribution is 0.194. The fourth-order valence-corrected chi connectivity index (χ4v) is 3.74. The van der Waals surface area contributed by atoms with Crippen molar-refractivity contribution in [2.45, 2.75) is 32.2 Å². The van der Waals surface area contributed by atoms with Gasteiger partial charge in [-0.2, -0.15) is 5.10 Å². The van der Waals surface area contributed by atoms with Crippen molar-refractivity contribution in [1.82, 2.24) is 29.6 Å². The van der Waals surface area contributed by atoms with E-state index in [2.05, 4.69) is 45.1 Å². The topological polar surface area (TPSA) is 59.7 Å². The number of aromatic nitrogens is 5. The van der Waals surface area contributed by atoms with E-state index in [0.29, 0.717) is 5.92 Å². The SMILES string of the molecule is Cc1cc(-c2cncnc2)cc([C@@H]2CCCN(Cc3ccnn3C)C2)n1. The van der Waals surface area contributed by atoms with Gasteiger partial charge in [0.2, 0.25) is 0 Å². The molecule has 0 unspecified atom stereocenters. The number of piperidine rings is 1. The van der Waals surface area contributed by atoms with Crippen LogP contribution in [0.1, 0.15) is 35.8 Å². The fraction of sp³-hybridized carbons (Fsp3) is 0.400. The lowest BCUT2D eigenvalue weighted by Gasteiger charge is -2.32. The summed E-state index contributed by atoms with van der Waals surface area (Å²) >= 11 is 0. The first kappa shape index (κ1) is 16.8. The van der Waals surface area contributed by atoms with Crippen LogP contribution < -0.4 is 0 Å². The van der Waals surface area contributed by atoms with Crippen molar-refractivity contribution in [3.8, 4) is 11.1 Å². The summed E-state index contributed by atoms with van der Waals surface area (Å²) in [5, 5.41) is 4.28. The summed E-state index contributed by atoms with van der Waals surface area (Å²) in [6.07, 6.45) is 9.54. The molecule has 0 bridgehead atoms. The van der Waals surface area contributed by atoms with Gasteiger partial charge in [0.15, 0.2) is 0 Å². The Balaban J connectivity index is 1.55. The zero-order chi connectivity index (χ0) is 17.9. The van der Waals surface area contributed by atoms with E-state index in [1.165, 1.54) is 24.2 Å². The average molecular weight is 348 g/mol. The molecule has 1 atom stereocenters. The third-order valence-corrected chi connectivity index (χ3v) is 5.10. The number of aryl methyl sites for hydroxylation is 2. The fourth-order valence-electron chi connectivity index (χ4n) is 3.74. The third kappa shape index (κ3) is 3.65. The molecule has 0 aromatic carbocycles. The van der Waals surface area contributed by atoms with Crippen LogP contribution >= 0.6 is 0 Å². The maximum absolute atomic E-state index is 4.85. The van der Waals surface area contributed by atoms with E-state index < -0.39 is 0 Å². The highest BCUT2D eigenvalue weighted by Gasteiger charge is 2.23. The van der Waals surface area contributed by atoms with E-state index in [4.69, 9.17) is 4.98 Å². The molecule has 0 spiro atoms. The molecule has 3 aromatic rings. The van der Waals surface area contributed by atoms with Crippen LogP contribution in [-0.4, -0.2) is 42.7 Å². The summed E-state index contributed by atoms with van der Waals surface area (Å²) in [5.41, 5.74) is 5.67. The zero-order valence-electron chi connectivity index (χ0n) is 15.3. The number of rotatable bonds is 4. The van der Waals surface area contributed by atoms with Gasteiger partial charge in [0, 0.05) is 61.6 Å². The van der Waals surface area contributed by atoms with Gasteiger partial charge in [-0.05, 0) is 50.1 Å². The van der Waals surface area contributed by atoms with E-state index in [1.54, 1.807) is 6.33 Å². The Kier molecular flexibility index (Phi) is 4.75. The van der Waals surface area contributed by atoms with Gasteiger partial charge in [0.25, 0.3) is 0 Å². The average Bonchev–Trinajstić information content (AvgIpc) is 3.07. The van der Waals surface area contributed by atoms with E-state index in [0.717, 1.165) is 36.5 Å². The Morgan fingerprint density at radius 1 is 1.15 bits per heavy atom. The molecule has 3 aromatic heterocycles. The van der Waals surface area contributed by atoms with Crippen LogP contribution in [0.4, 0.5) is 0 Å². The van der Waals surface area contributed by atoms with Crippen molar-refractivity contribution in [2.75, 3.05) is 13.1 Å². The first-order valence-corrected chi connectivity index (χ1v) is 9.12. The molecule has 0 radical (unpaired) electrons. The van der Waals surface area contributed by atoms with Gasteiger partial charge in [0.05, 0.1) is 5.69 Å². The van der Waals surface area contributed by atoms with Crippen LogP contribution in [0, 0.1) is 6.92 Å². The van der Waals surface area contributed by atoms with Crippen LogP contribution in [0.25, 0.3) is 11.1 Å². The summed E-state index contributed by atoms with van der Waals surface area (Å²) in [6, 6.07) is 6.42. The molecule has 4 rings (SSSR count). The molecule has 1 aliphatic rings. The van der Waals surface area contributed by atoms with Crippen LogP contribution in [-0.2, 0) is 13.6 Å². The second-order valence-electron chi connectivity index (χ2n) is 7.07.